The minimum Gasteiger partial charge on any atom is -0.339 e. The molecule has 1 fully saturated rings. The number of carbonyl (C=O) groups is 1. The number of nitrogens with zero attached hydrogens (tertiary/aromatic N) is 4. The quantitative estimate of drug-likeness (QED) is 0.809. The number of aromatic nitrogens is 1. The summed E-state index contributed by atoms with van der Waals surface area (Å²) in [6, 6.07) is 11.1. The number of pyridine rings is 1. The zero-order chi connectivity index (χ0) is 15.2. The molecule has 3 rings (SSSR count). The largest absolute Gasteiger partial charge is 0.339 e. The van der Waals surface area contributed by atoms with Crippen molar-refractivity contribution in [2.45, 2.75) is 19.4 Å². The van der Waals surface area contributed by atoms with Crippen LogP contribution in [0, 0.1) is 0 Å². The summed E-state index contributed by atoms with van der Waals surface area (Å²) in [5.41, 5.74) is 2.54. The number of hydrogen-bond acceptors (Lipinski definition) is 4. The second-order valence-electron chi connectivity index (χ2n) is 5.30. The third-order valence-electron chi connectivity index (χ3n) is 3.70. The fraction of sp³-hybridized carbons (Fsp3) is 0.294. The molecule has 0 unspecified atom stereocenters. The summed E-state index contributed by atoms with van der Waals surface area (Å²) in [7, 11) is 0. The van der Waals surface area contributed by atoms with Crippen molar-refractivity contribution in [1.29, 1.82) is 0 Å². The first kappa shape index (κ1) is 14.4. The average molecular weight is 294 g/mol. The van der Waals surface area contributed by atoms with Crippen molar-refractivity contribution in [3.63, 3.8) is 0 Å². The summed E-state index contributed by atoms with van der Waals surface area (Å²) in [6.07, 6.45) is 5.69. The third kappa shape index (κ3) is 3.55. The topological polar surface area (TPSA) is 57.9 Å². The van der Waals surface area contributed by atoms with Crippen molar-refractivity contribution >= 4 is 11.6 Å². The lowest BCUT2D eigenvalue weighted by molar-refractivity contribution is 0.0793. The standard InChI is InChI=1S/C17H18N4O/c22-17(21-11-1-2-12-21)15-3-5-16(6-4-15)20-19-13-14-7-9-18-10-8-14/h3-10H,1-2,11-13H2. The Bertz CT molecular complexity index is 646. The van der Waals surface area contributed by atoms with E-state index in [0.29, 0.717) is 6.54 Å². The van der Waals surface area contributed by atoms with Crippen molar-refractivity contribution < 1.29 is 4.79 Å². The van der Waals surface area contributed by atoms with E-state index >= 15 is 0 Å². The van der Waals surface area contributed by atoms with Crippen molar-refractivity contribution in [3.8, 4) is 0 Å². The molecule has 1 amide bonds. The first-order valence-electron chi connectivity index (χ1n) is 7.49. The summed E-state index contributed by atoms with van der Waals surface area (Å²) in [4.78, 5) is 18.1. The second-order valence-corrected chi connectivity index (χ2v) is 5.30. The van der Waals surface area contributed by atoms with Gasteiger partial charge in [-0.15, -0.1) is 0 Å². The molecule has 5 nitrogen and oxygen atoms in total. The van der Waals surface area contributed by atoms with E-state index in [4.69, 9.17) is 0 Å². The monoisotopic (exact) mass is 294 g/mol. The van der Waals surface area contributed by atoms with Gasteiger partial charge in [-0.2, -0.15) is 10.2 Å². The van der Waals surface area contributed by atoms with Gasteiger partial charge in [0.25, 0.3) is 5.91 Å². The highest BCUT2D eigenvalue weighted by Gasteiger charge is 2.18. The number of azo groups is 1. The van der Waals surface area contributed by atoms with Gasteiger partial charge in [0, 0.05) is 31.0 Å². The molecule has 1 aliphatic heterocycles. The third-order valence-corrected chi connectivity index (χ3v) is 3.70. The highest BCUT2D eigenvalue weighted by molar-refractivity contribution is 5.94. The van der Waals surface area contributed by atoms with E-state index in [1.807, 2.05) is 41.3 Å². The zero-order valence-corrected chi connectivity index (χ0v) is 12.4. The fourth-order valence-electron chi connectivity index (χ4n) is 2.46. The van der Waals surface area contributed by atoms with Crippen molar-refractivity contribution in [2.75, 3.05) is 13.1 Å². The molecular weight excluding hydrogens is 276 g/mol. The van der Waals surface area contributed by atoms with Crippen LogP contribution in [0.3, 0.4) is 0 Å². The van der Waals surface area contributed by atoms with E-state index in [-0.39, 0.29) is 5.91 Å². The van der Waals surface area contributed by atoms with E-state index in [2.05, 4.69) is 15.2 Å². The number of hydrogen-bond donors (Lipinski definition) is 0. The predicted octanol–water partition coefficient (Wildman–Crippen LogP) is 3.60. The fourth-order valence-corrected chi connectivity index (χ4v) is 2.46. The van der Waals surface area contributed by atoms with Gasteiger partial charge in [0.2, 0.25) is 0 Å². The molecule has 2 aromatic rings. The molecule has 0 spiro atoms. The molecule has 112 valence electrons. The van der Waals surface area contributed by atoms with Gasteiger partial charge in [-0.05, 0) is 54.8 Å². The molecule has 0 atom stereocenters. The van der Waals surface area contributed by atoms with Gasteiger partial charge in [0.1, 0.15) is 0 Å². The number of rotatable bonds is 4. The smallest absolute Gasteiger partial charge is 0.253 e. The number of benzene rings is 1. The van der Waals surface area contributed by atoms with Gasteiger partial charge in [-0.1, -0.05) is 0 Å². The molecule has 0 radical (unpaired) electrons. The molecule has 0 N–H and O–H groups in total. The lowest BCUT2D eigenvalue weighted by Crippen LogP contribution is -2.27. The van der Waals surface area contributed by atoms with Gasteiger partial charge in [-0.25, -0.2) is 0 Å². The van der Waals surface area contributed by atoms with Crippen LogP contribution in [0.4, 0.5) is 5.69 Å². The average Bonchev–Trinajstić information content (AvgIpc) is 3.10. The van der Waals surface area contributed by atoms with Crippen LogP contribution in [0.2, 0.25) is 0 Å². The lowest BCUT2D eigenvalue weighted by atomic mass is 10.2. The molecule has 1 saturated heterocycles. The van der Waals surface area contributed by atoms with Crippen molar-refractivity contribution in [2.24, 2.45) is 10.2 Å². The predicted molar refractivity (Wildman–Crippen MR) is 84.0 cm³/mol. The van der Waals surface area contributed by atoms with Gasteiger partial charge >= 0.3 is 0 Å². The van der Waals surface area contributed by atoms with Crippen LogP contribution in [0.25, 0.3) is 0 Å². The summed E-state index contributed by atoms with van der Waals surface area (Å²) in [5, 5.41) is 8.34. The molecule has 0 bridgehead atoms. The van der Waals surface area contributed by atoms with E-state index in [1.165, 1.54) is 0 Å². The minimum absolute atomic E-state index is 0.109. The molecule has 0 saturated carbocycles. The molecule has 1 aromatic heterocycles. The maximum Gasteiger partial charge on any atom is 0.253 e. The first-order chi connectivity index (χ1) is 10.8. The summed E-state index contributed by atoms with van der Waals surface area (Å²) >= 11 is 0. The second kappa shape index (κ2) is 6.93. The van der Waals surface area contributed by atoms with Crippen molar-refractivity contribution in [1.82, 2.24) is 9.88 Å². The zero-order valence-electron chi connectivity index (χ0n) is 12.4. The van der Waals surface area contributed by atoms with Crippen LogP contribution < -0.4 is 0 Å². The molecular formula is C17H18N4O. The summed E-state index contributed by atoms with van der Waals surface area (Å²) in [6.45, 7) is 2.26. The van der Waals surface area contributed by atoms with Gasteiger partial charge in [-0.3, -0.25) is 9.78 Å². The van der Waals surface area contributed by atoms with Gasteiger partial charge in [0.05, 0.1) is 12.2 Å². The maximum atomic E-state index is 12.2. The summed E-state index contributed by atoms with van der Waals surface area (Å²) < 4.78 is 0. The van der Waals surface area contributed by atoms with Gasteiger partial charge in [0.15, 0.2) is 0 Å². The molecule has 1 aromatic carbocycles. The Morgan fingerprint density at radius 1 is 1.05 bits per heavy atom. The highest BCUT2D eigenvalue weighted by Crippen LogP contribution is 2.17. The Morgan fingerprint density at radius 2 is 1.73 bits per heavy atom. The van der Waals surface area contributed by atoms with E-state index in [9.17, 15) is 4.79 Å². The van der Waals surface area contributed by atoms with Crippen LogP contribution in [0.1, 0.15) is 28.8 Å². The highest BCUT2D eigenvalue weighted by atomic mass is 16.2. The van der Waals surface area contributed by atoms with E-state index in [1.54, 1.807) is 12.4 Å². The Balaban J connectivity index is 1.60. The van der Waals surface area contributed by atoms with Gasteiger partial charge < -0.3 is 4.90 Å². The SMILES string of the molecule is O=C(c1ccc(N=NCc2ccncc2)cc1)N1CCCC1. The molecule has 5 heteroatoms. The van der Waals surface area contributed by atoms with Crippen LogP contribution >= 0.6 is 0 Å². The van der Waals surface area contributed by atoms with E-state index in [0.717, 1.165) is 42.7 Å². The van der Waals surface area contributed by atoms with Crippen LogP contribution in [-0.4, -0.2) is 28.9 Å². The first-order valence-corrected chi connectivity index (χ1v) is 7.49. The number of amides is 1. The normalized spacial score (nSPS) is 14.6. The minimum atomic E-state index is 0.109. The lowest BCUT2D eigenvalue weighted by Gasteiger charge is -2.14. The maximum absolute atomic E-state index is 12.2. The van der Waals surface area contributed by atoms with E-state index < -0.39 is 0 Å². The number of carbonyl (C=O) groups excluding carboxylic acids is 1. The molecule has 0 aliphatic carbocycles. The van der Waals surface area contributed by atoms with Crippen molar-refractivity contribution in [3.05, 3.63) is 59.9 Å². The van der Waals surface area contributed by atoms with Crippen LogP contribution in [0.15, 0.2) is 59.0 Å². The van der Waals surface area contributed by atoms with Crippen LogP contribution in [-0.2, 0) is 6.54 Å². The van der Waals surface area contributed by atoms with Crippen LogP contribution in [0.5, 0.6) is 0 Å². The Labute approximate surface area is 129 Å². The Morgan fingerprint density at radius 3 is 2.41 bits per heavy atom. The molecule has 22 heavy (non-hydrogen) atoms. The molecule has 1 aliphatic rings. The Hall–Kier alpha value is -2.56. The summed E-state index contributed by atoms with van der Waals surface area (Å²) in [5.74, 6) is 0.109. The molecule has 2 heterocycles. The number of likely N-dealkylation sites (tertiary alicyclic amines) is 1. The Kier molecular flexibility index (Phi) is 4.53.